The topological polar surface area (TPSA) is 98.8 Å². The predicted molar refractivity (Wildman–Crippen MR) is 97.5 cm³/mol. The molecular weight excluding hydrogens is 322 g/mol. The molecule has 8 heteroatoms. The number of nitrogens with one attached hydrogen (secondary N) is 1. The highest BCUT2D eigenvalue weighted by Crippen LogP contribution is 2.42. The maximum Gasteiger partial charge on any atom is 0.280 e. The van der Waals surface area contributed by atoms with E-state index in [1.165, 1.54) is 0 Å². The lowest BCUT2D eigenvalue weighted by molar-refractivity contribution is 0.145. The molecule has 0 spiro atoms. The molecular formula is C16H27N5O2Si. The summed E-state index contributed by atoms with van der Waals surface area (Å²) in [6, 6.07) is 0.151. The van der Waals surface area contributed by atoms with Crippen LogP contribution in [0.2, 0.25) is 18.1 Å². The lowest BCUT2D eigenvalue weighted by atomic mass is 10.2. The highest BCUT2D eigenvalue weighted by Gasteiger charge is 2.42. The maximum absolute atomic E-state index is 12.0. The van der Waals surface area contributed by atoms with Crippen LogP contribution in [-0.4, -0.2) is 33.9 Å². The van der Waals surface area contributed by atoms with E-state index in [-0.39, 0.29) is 28.7 Å². The Morgan fingerprint density at radius 1 is 1.38 bits per heavy atom. The van der Waals surface area contributed by atoms with E-state index in [0.717, 1.165) is 19.3 Å². The average Bonchev–Trinajstić information content (AvgIpc) is 3.03. The van der Waals surface area contributed by atoms with Gasteiger partial charge in [-0.2, -0.15) is 4.98 Å². The van der Waals surface area contributed by atoms with E-state index in [1.54, 1.807) is 6.33 Å². The van der Waals surface area contributed by atoms with Crippen molar-refractivity contribution in [2.24, 2.45) is 0 Å². The molecule has 7 nitrogen and oxygen atoms in total. The molecule has 0 amide bonds. The summed E-state index contributed by atoms with van der Waals surface area (Å²) >= 11 is 0. The Morgan fingerprint density at radius 2 is 2.08 bits per heavy atom. The molecule has 3 rings (SSSR count). The number of hydrogen-bond donors (Lipinski definition) is 2. The summed E-state index contributed by atoms with van der Waals surface area (Å²) in [5, 5.41) is 0.164. The summed E-state index contributed by atoms with van der Waals surface area (Å²) in [5.41, 5.74) is 6.30. The number of imidazole rings is 1. The first-order valence-corrected chi connectivity index (χ1v) is 11.4. The minimum atomic E-state index is -1.86. The minimum Gasteiger partial charge on any atom is -0.412 e. The number of H-pyrrole nitrogens is 1. The van der Waals surface area contributed by atoms with E-state index in [2.05, 4.69) is 48.8 Å². The van der Waals surface area contributed by atoms with Crippen molar-refractivity contribution in [2.75, 3.05) is 5.73 Å². The third kappa shape index (κ3) is 2.88. The van der Waals surface area contributed by atoms with Crippen LogP contribution in [0.15, 0.2) is 11.1 Å². The van der Waals surface area contributed by atoms with Crippen molar-refractivity contribution in [1.82, 2.24) is 19.5 Å². The molecule has 3 N–H and O–H groups in total. The van der Waals surface area contributed by atoms with Crippen LogP contribution in [0.25, 0.3) is 11.2 Å². The van der Waals surface area contributed by atoms with Gasteiger partial charge in [0.2, 0.25) is 5.95 Å². The quantitative estimate of drug-likeness (QED) is 0.830. The number of nitrogens with two attached hydrogens (primary N) is 1. The Morgan fingerprint density at radius 3 is 2.75 bits per heavy atom. The molecule has 0 bridgehead atoms. The first-order chi connectivity index (χ1) is 11.1. The van der Waals surface area contributed by atoms with Crippen molar-refractivity contribution in [3.8, 4) is 0 Å². The van der Waals surface area contributed by atoms with Gasteiger partial charge in [0.15, 0.2) is 19.5 Å². The molecule has 1 fully saturated rings. The second-order valence-corrected chi connectivity index (χ2v) is 12.9. The van der Waals surface area contributed by atoms with E-state index in [4.69, 9.17) is 10.2 Å². The molecule has 2 heterocycles. The van der Waals surface area contributed by atoms with Crippen LogP contribution < -0.4 is 11.3 Å². The SMILES string of the molecule is CC(C)(C)[Si](C)(C)O[C@H]1CCC[C@@H]1n1cnc2c(=O)[nH]c(N)nc21. The fraction of sp³-hybridized carbons (Fsp3) is 0.688. The van der Waals surface area contributed by atoms with E-state index >= 15 is 0 Å². The third-order valence-corrected chi connectivity index (χ3v) is 9.98. The lowest BCUT2D eigenvalue weighted by Gasteiger charge is -2.40. The van der Waals surface area contributed by atoms with Gasteiger partial charge >= 0.3 is 0 Å². The van der Waals surface area contributed by atoms with Crippen molar-refractivity contribution < 1.29 is 4.43 Å². The second kappa shape index (κ2) is 5.70. The lowest BCUT2D eigenvalue weighted by Crippen LogP contribution is -2.45. The van der Waals surface area contributed by atoms with E-state index in [1.807, 2.05) is 4.57 Å². The van der Waals surface area contributed by atoms with Gasteiger partial charge in [0, 0.05) is 0 Å². The van der Waals surface area contributed by atoms with Crippen LogP contribution >= 0.6 is 0 Å². The van der Waals surface area contributed by atoms with E-state index in [0.29, 0.717) is 11.2 Å². The molecule has 2 atom stereocenters. The molecule has 0 radical (unpaired) electrons. The summed E-state index contributed by atoms with van der Waals surface area (Å²) < 4.78 is 8.63. The number of fused-ring (bicyclic) bond motifs is 1. The maximum atomic E-state index is 12.0. The van der Waals surface area contributed by atoms with Gasteiger partial charge in [-0.15, -0.1) is 0 Å². The highest BCUT2D eigenvalue weighted by molar-refractivity contribution is 6.74. The molecule has 24 heavy (non-hydrogen) atoms. The third-order valence-electron chi connectivity index (χ3n) is 5.48. The first kappa shape index (κ1) is 17.2. The van der Waals surface area contributed by atoms with Crippen LogP contribution in [0.4, 0.5) is 5.95 Å². The minimum absolute atomic E-state index is 0.120. The van der Waals surface area contributed by atoms with Gasteiger partial charge in [-0.05, 0) is 37.4 Å². The second-order valence-electron chi connectivity index (χ2n) is 8.19. The van der Waals surface area contributed by atoms with E-state index < -0.39 is 8.32 Å². The summed E-state index contributed by atoms with van der Waals surface area (Å²) in [6.07, 6.45) is 4.95. The number of aromatic nitrogens is 4. The number of rotatable bonds is 3. The van der Waals surface area contributed by atoms with Crippen LogP contribution in [0.1, 0.15) is 46.1 Å². The zero-order valence-corrected chi connectivity index (χ0v) is 16.1. The van der Waals surface area contributed by atoms with E-state index in [9.17, 15) is 4.79 Å². The Hall–Kier alpha value is -1.67. The van der Waals surface area contributed by atoms with Crippen molar-refractivity contribution in [2.45, 2.75) is 70.3 Å². The van der Waals surface area contributed by atoms with Crippen LogP contribution in [0, 0.1) is 0 Å². The standard InChI is InChI=1S/C16H27N5O2Si/c1-16(2,3)24(4,5)23-11-8-6-7-10(11)21-9-18-12-13(21)19-15(17)20-14(12)22/h9-11H,6-8H2,1-5H3,(H3,17,19,20,22)/t10-,11-/m0/s1. The van der Waals surface area contributed by atoms with Gasteiger partial charge in [-0.1, -0.05) is 20.8 Å². The fourth-order valence-corrected chi connectivity index (χ4v) is 4.49. The molecule has 1 aliphatic rings. The number of aromatic amines is 1. The molecule has 1 aliphatic carbocycles. The van der Waals surface area contributed by atoms with Gasteiger partial charge in [-0.25, -0.2) is 4.98 Å². The fourth-order valence-electron chi connectivity index (χ4n) is 3.10. The largest absolute Gasteiger partial charge is 0.412 e. The molecule has 132 valence electrons. The Labute approximate surface area is 142 Å². The smallest absolute Gasteiger partial charge is 0.280 e. The molecule has 0 aliphatic heterocycles. The monoisotopic (exact) mass is 349 g/mol. The number of nitrogens with zero attached hydrogens (tertiary/aromatic N) is 3. The van der Waals surface area contributed by atoms with Crippen molar-refractivity contribution in [3.63, 3.8) is 0 Å². The average molecular weight is 350 g/mol. The number of anilines is 1. The van der Waals surface area contributed by atoms with Crippen LogP contribution in [0.3, 0.4) is 0 Å². The predicted octanol–water partition coefficient (Wildman–Crippen LogP) is 2.82. The molecule has 2 aromatic heterocycles. The molecule has 0 unspecified atom stereocenters. The highest BCUT2D eigenvalue weighted by atomic mass is 28.4. The normalized spacial score (nSPS) is 22.4. The number of hydrogen-bond acceptors (Lipinski definition) is 5. The van der Waals surface area contributed by atoms with Gasteiger partial charge in [0.1, 0.15) is 0 Å². The summed E-state index contributed by atoms with van der Waals surface area (Å²) in [5.74, 6) is 0.120. The van der Waals surface area contributed by atoms with Gasteiger partial charge < -0.3 is 14.7 Å². The van der Waals surface area contributed by atoms with Crippen molar-refractivity contribution in [3.05, 3.63) is 16.7 Å². The summed E-state index contributed by atoms with van der Waals surface area (Å²) in [6.45, 7) is 11.3. The van der Waals surface area contributed by atoms with Crippen molar-refractivity contribution >= 4 is 25.4 Å². The Kier molecular flexibility index (Phi) is 4.07. The molecule has 0 saturated heterocycles. The zero-order valence-electron chi connectivity index (χ0n) is 15.1. The number of nitrogen functional groups attached to an aromatic ring is 1. The van der Waals surface area contributed by atoms with Gasteiger partial charge in [0.05, 0.1) is 18.5 Å². The van der Waals surface area contributed by atoms with Crippen molar-refractivity contribution in [1.29, 1.82) is 0 Å². The summed E-state index contributed by atoms with van der Waals surface area (Å²) in [4.78, 5) is 23.0. The van der Waals surface area contributed by atoms with Crippen LogP contribution in [0.5, 0.6) is 0 Å². The zero-order chi connectivity index (χ0) is 17.7. The summed E-state index contributed by atoms with van der Waals surface area (Å²) in [7, 11) is -1.86. The van der Waals surface area contributed by atoms with Crippen LogP contribution in [-0.2, 0) is 4.43 Å². The molecule has 0 aromatic carbocycles. The Bertz CT molecular complexity index is 805. The first-order valence-electron chi connectivity index (χ1n) is 8.50. The van der Waals surface area contributed by atoms with Gasteiger partial charge in [0.25, 0.3) is 5.56 Å². The molecule has 2 aromatic rings. The van der Waals surface area contributed by atoms with Gasteiger partial charge in [-0.3, -0.25) is 9.78 Å². The molecule has 1 saturated carbocycles. The Balaban J connectivity index is 1.96.